The molecule has 0 amide bonds. The molecule has 6 heteroatoms. The minimum atomic E-state index is -0.300. The Balaban J connectivity index is 0.00000128. The van der Waals surface area contributed by atoms with Crippen molar-refractivity contribution in [3.63, 3.8) is 0 Å². The molecule has 1 aliphatic heterocycles. The molecule has 2 rings (SSSR count). The molecule has 0 radical (unpaired) electrons. The van der Waals surface area contributed by atoms with Crippen LogP contribution in [0.5, 0.6) is 0 Å². The van der Waals surface area contributed by atoms with Crippen molar-refractivity contribution in [1.82, 2.24) is 6.15 Å². The Labute approximate surface area is 92.4 Å². The molecule has 1 aliphatic rings. The lowest BCUT2D eigenvalue weighted by Gasteiger charge is -2.00. The van der Waals surface area contributed by atoms with Gasteiger partial charge in [-0.25, -0.2) is 4.39 Å². The minimum absolute atomic E-state index is 0. The quantitative estimate of drug-likeness (QED) is 0.750. The van der Waals surface area contributed by atoms with Crippen LogP contribution in [-0.4, -0.2) is 17.6 Å². The van der Waals surface area contributed by atoms with Gasteiger partial charge in [-0.3, -0.25) is 5.43 Å². The van der Waals surface area contributed by atoms with E-state index in [0.717, 1.165) is 5.71 Å². The Morgan fingerprint density at radius 1 is 1.38 bits per heavy atom. The molecule has 16 heavy (non-hydrogen) atoms. The third kappa shape index (κ3) is 2.71. The maximum Gasteiger partial charge on any atom is 0.126 e. The number of nitrogens with zero attached hydrogens (tertiary/aromatic N) is 3. The largest absolute Gasteiger partial charge is 0.344 e. The van der Waals surface area contributed by atoms with Crippen molar-refractivity contribution in [3.8, 4) is 0 Å². The standard InChI is InChI=1S/C10H9FN4.H3N/c1-7-10(6-12-13-7)15-14-9-4-2-3-8(11)5-9;/h2-6,14H,1H3;1H3. The van der Waals surface area contributed by atoms with E-state index in [0.29, 0.717) is 11.4 Å². The van der Waals surface area contributed by atoms with Gasteiger partial charge in [-0.2, -0.15) is 15.3 Å². The van der Waals surface area contributed by atoms with Crippen LogP contribution in [0, 0.1) is 5.82 Å². The first-order chi connectivity index (χ1) is 7.25. The van der Waals surface area contributed by atoms with Crippen molar-refractivity contribution in [1.29, 1.82) is 0 Å². The Morgan fingerprint density at radius 2 is 2.19 bits per heavy atom. The second-order valence-corrected chi connectivity index (χ2v) is 3.05. The maximum atomic E-state index is 12.8. The average molecular weight is 221 g/mol. The van der Waals surface area contributed by atoms with Gasteiger partial charge in [-0.15, -0.1) is 0 Å². The van der Waals surface area contributed by atoms with Crippen LogP contribution in [-0.2, 0) is 0 Å². The second kappa shape index (κ2) is 5.13. The van der Waals surface area contributed by atoms with E-state index in [-0.39, 0.29) is 12.0 Å². The molecule has 0 saturated carbocycles. The zero-order chi connectivity index (χ0) is 10.7. The second-order valence-electron chi connectivity index (χ2n) is 3.05. The fraction of sp³-hybridized carbons (Fsp3) is 0.100. The van der Waals surface area contributed by atoms with Gasteiger partial charge in [0, 0.05) is 0 Å². The summed E-state index contributed by atoms with van der Waals surface area (Å²) in [6, 6.07) is 6.08. The van der Waals surface area contributed by atoms with Crippen molar-refractivity contribution in [2.45, 2.75) is 6.92 Å². The van der Waals surface area contributed by atoms with Gasteiger partial charge in [-0.1, -0.05) is 6.07 Å². The van der Waals surface area contributed by atoms with Gasteiger partial charge in [0.05, 0.1) is 17.6 Å². The number of hydrogen-bond acceptors (Lipinski definition) is 5. The Hall–Kier alpha value is -2.08. The van der Waals surface area contributed by atoms with Gasteiger partial charge < -0.3 is 6.15 Å². The van der Waals surface area contributed by atoms with Crippen LogP contribution in [0.2, 0.25) is 0 Å². The number of nitrogens with one attached hydrogen (secondary N) is 1. The number of hydrazone groups is 1. The summed E-state index contributed by atoms with van der Waals surface area (Å²) < 4.78 is 12.8. The van der Waals surface area contributed by atoms with Crippen LogP contribution >= 0.6 is 0 Å². The van der Waals surface area contributed by atoms with E-state index < -0.39 is 0 Å². The Kier molecular flexibility index (Phi) is 3.84. The monoisotopic (exact) mass is 221 g/mol. The number of benzene rings is 1. The van der Waals surface area contributed by atoms with E-state index >= 15 is 0 Å². The molecule has 0 atom stereocenters. The summed E-state index contributed by atoms with van der Waals surface area (Å²) in [7, 11) is 0. The van der Waals surface area contributed by atoms with Crippen LogP contribution in [0.3, 0.4) is 0 Å². The van der Waals surface area contributed by atoms with Gasteiger partial charge in [0.15, 0.2) is 0 Å². The van der Waals surface area contributed by atoms with Gasteiger partial charge >= 0.3 is 0 Å². The molecule has 0 bridgehead atoms. The highest BCUT2D eigenvalue weighted by molar-refractivity contribution is 6.63. The molecular weight excluding hydrogens is 209 g/mol. The smallest absolute Gasteiger partial charge is 0.126 e. The number of anilines is 1. The number of hydrogen-bond donors (Lipinski definition) is 2. The van der Waals surface area contributed by atoms with Crippen LogP contribution in [0.4, 0.5) is 10.1 Å². The molecule has 0 spiro atoms. The maximum absolute atomic E-state index is 12.8. The summed E-state index contributed by atoms with van der Waals surface area (Å²) in [5.41, 5.74) is 4.71. The zero-order valence-corrected chi connectivity index (χ0v) is 8.81. The molecule has 0 saturated heterocycles. The summed E-state index contributed by atoms with van der Waals surface area (Å²) in [6.07, 6.45) is 1.54. The molecule has 0 unspecified atom stereocenters. The van der Waals surface area contributed by atoms with Gasteiger partial charge in [-0.05, 0) is 25.1 Å². The number of rotatable bonds is 2. The van der Waals surface area contributed by atoms with E-state index in [2.05, 4.69) is 20.7 Å². The molecule has 1 heterocycles. The summed E-state index contributed by atoms with van der Waals surface area (Å²) >= 11 is 0. The van der Waals surface area contributed by atoms with Gasteiger partial charge in [0.1, 0.15) is 11.5 Å². The summed E-state index contributed by atoms with van der Waals surface area (Å²) in [5.74, 6) is -0.300. The van der Waals surface area contributed by atoms with Crippen molar-refractivity contribution in [2.24, 2.45) is 15.3 Å². The lowest BCUT2D eigenvalue weighted by atomic mass is 10.3. The summed E-state index contributed by atoms with van der Waals surface area (Å²) in [4.78, 5) is 0. The molecule has 5 nitrogen and oxygen atoms in total. The highest BCUT2D eigenvalue weighted by Gasteiger charge is 2.05. The van der Waals surface area contributed by atoms with E-state index in [1.165, 1.54) is 12.1 Å². The summed E-state index contributed by atoms with van der Waals surface area (Å²) in [6.45, 7) is 1.80. The first-order valence-corrected chi connectivity index (χ1v) is 4.43. The van der Waals surface area contributed by atoms with E-state index in [1.54, 1.807) is 25.3 Å². The molecule has 84 valence electrons. The molecule has 0 aliphatic carbocycles. The molecule has 4 N–H and O–H groups in total. The lowest BCUT2D eigenvalue weighted by molar-refractivity contribution is 0.628. The topological polar surface area (TPSA) is 84.1 Å². The molecule has 0 fully saturated rings. The lowest BCUT2D eigenvalue weighted by Crippen LogP contribution is -2.09. The molecule has 1 aromatic carbocycles. The van der Waals surface area contributed by atoms with E-state index in [4.69, 9.17) is 0 Å². The summed E-state index contributed by atoms with van der Waals surface area (Å²) in [5, 5.41) is 11.5. The predicted octanol–water partition coefficient (Wildman–Crippen LogP) is 2.22. The SMILES string of the molecule is CC1=NN=CC1=NNc1cccc(F)c1.N. The number of halogens is 1. The Bertz CT molecular complexity index is 464. The van der Waals surface area contributed by atoms with Gasteiger partial charge in [0.25, 0.3) is 0 Å². The third-order valence-corrected chi connectivity index (χ3v) is 1.89. The molecular formula is C10H12FN5. The highest BCUT2D eigenvalue weighted by atomic mass is 19.1. The van der Waals surface area contributed by atoms with Crippen molar-refractivity contribution >= 4 is 23.3 Å². The third-order valence-electron chi connectivity index (χ3n) is 1.89. The van der Waals surface area contributed by atoms with Gasteiger partial charge in [0.2, 0.25) is 0 Å². The fourth-order valence-corrected chi connectivity index (χ4v) is 1.11. The predicted molar refractivity (Wildman–Crippen MR) is 64.1 cm³/mol. The van der Waals surface area contributed by atoms with Crippen molar-refractivity contribution < 1.29 is 4.39 Å². The first-order valence-electron chi connectivity index (χ1n) is 4.43. The van der Waals surface area contributed by atoms with Crippen molar-refractivity contribution in [2.75, 3.05) is 5.43 Å². The van der Waals surface area contributed by atoms with E-state index in [9.17, 15) is 4.39 Å². The zero-order valence-electron chi connectivity index (χ0n) is 8.81. The Morgan fingerprint density at radius 3 is 2.81 bits per heavy atom. The highest BCUT2D eigenvalue weighted by Crippen LogP contribution is 2.09. The van der Waals surface area contributed by atoms with Crippen molar-refractivity contribution in [3.05, 3.63) is 30.1 Å². The van der Waals surface area contributed by atoms with Crippen LogP contribution in [0.15, 0.2) is 39.6 Å². The average Bonchev–Trinajstić information content (AvgIpc) is 2.61. The van der Waals surface area contributed by atoms with Crippen LogP contribution in [0.25, 0.3) is 0 Å². The van der Waals surface area contributed by atoms with Crippen LogP contribution in [0.1, 0.15) is 6.92 Å². The fourth-order valence-electron chi connectivity index (χ4n) is 1.11. The normalized spacial score (nSPS) is 15.9. The van der Waals surface area contributed by atoms with E-state index in [1.807, 2.05) is 0 Å². The molecule has 0 aromatic heterocycles. The first kappa shape index (κ1) is 12.0. The van der Waals surface area contributed by atoms with Crippen LogP contribution < -0.4 is 11.6 Å². The minimum Gasteiger partial charge on any atom is -0.344 e. The molecule has 1 aromatic rings.